The Kier molecular flexibility index (Phi) is 6.70. The molecule has 0 N–H and O–H groups in total. The molecule has 6 nitrogen and oxygen atoms in total. The summed E-state index contributed by atoms with van der Waals surface area (Å²) in [6, 6.07) is 58.4. The molecule has 0 radical (unpaired) electrons. The zero-order valence-corrected chi connectivity index (χ0v) is 27.3. The van der Waals surface area contributed by atoms with Gasteiger partial charge < -0.3 is 0 Å². The van der Waals surface area contributed by atoms with Gasteiger partial charge in [0.15, 0.2) is 17.5 Å². The molecule has 2 aromatic heterocycles. The topological polar surface area (TPSA) is 69.4 Å². The normalized spacial score (nSPS) is 11.5. The van der Waals surface area contributed by atoms with Crippen LogP contribution in [-0.2, 0) is 0 Å². The molecule has 10 aromatic rings. The fraction of sp³-hybridized carbons (Fsp3) is 0. The molecule has 0 aliphatic heterocycles. The minimum absolute atomic E-state index is 0.616. The molecule has 0 spiro atoms. The molecule has 0 aliphatic carbocycles. The van der Waals surface area contributed by atoms with E-state index in [9.17, 15) is 0 Å². The molecule has 0 fully saturated rings. The van der Waals surface area contributed by atoms with E-state index < -0.39 is 0 Å². The van der Waals surface area contributed by atoms with Crippen LogP contribution >= 0.6 is 0 Å². The van der Waals surface area contributed by atoms with Crippen LogP contribution in [0.15, 0.2) is 170 Å². The van der Waals surface area contributed by atoms with E-state index in [2.05, 4.69) is 103 Å². The van der Waals surface area contributed by atoms with Crippen molar-refractivity contribution in [2.45, 2.75) is 0 Å². The second-order valence-electron chi connectivity index (χ2n) is 12.7. The van der Waals surface area contributed by atoms with Gasteiger partial charge in [-0.2, -0.15) is 4.80 Å². The highest BCUT2D eigenvalue weighted by Gasteiger charge is 2.16. The molecule has 2 heterocycles. The van der Waals surface area contributed by atoms with Gasteiger partial charge in [0.2, 0.25) is 0 Å². The minimum atomic E-state index is 0.616. The van der Waals surface area contributed by atoms with Crippen LogP contribution in [0.1, 0.15) is 0 Å². The van der Waals surface area contributed by atoms with Crippen LogP contribution in [0.3, 0.4) is 0 Å². The van der Waals surface area contributed by atoms with Crippen LogP contribution in [0.2, 0.25) is 0 Å². The lowest BCUT2D eigenvalue weighted by atomic mass is 9.98. The van der Waals surface area contributed by atoms with Crippen molar-refractivity contribution in [3.63, 3.8) is 0 Å². The summed E-state index contributed by atoms with van der Waals surface area (Å²) in [4.78, 5) is 16.8. The van der Waals surface area contributed by atoms with Crippen molar-refractivity contribution in [1.82, 2.24) is 29.9 Å². The van der Waals surface area contributed by atoms with E-state index in [1.54, 1.807) is 4.80 Å². The van der Waals surface area contributed by atoms with E-state index in [-0.39, 0.29) is 0 Å². The fourth-order valence-electron chi connectivity index (χ4n) is 6.90. The van der Waals surface area contributed by atoms with Gasteiger partial charge in [-0.1, -0.05) is 133 Å². The van der Waals surface area contributed by atoms with Gasteiger partial charge in [0.1, 0.15) is 11.0 Å². The molecule has 0 atom stereocenters. The molecule has 0 saturated carbocycles. The summed E-state index contributed by atoms with van der Waals surface area (Å²) >= 11 is 0. The number of benzene rings is 8. The first-order chi connectivity index (χ1) is 25.2. The van der Waals surface area contributed by atoms with Crippen LogP contribution in [0.5, 0.6) is 0 Å². The lowest BCUT2D eigenvalue weighted by Crippen LogP contribution is -2.00. The van der Waals surface area contributed by atoms with Crippen LogP contribution in [0, 0.1) is 0 Å². The summed E-state index contributed by atoms with van der Waals surface area (Å²) in [5.74, 6) is 1.87. The first-order valence-electron chi connectivity index (χ1n) is 16.9. The van der Waals surface area contributed by atoms with Crippen molar-refractivity contribution in [2.24, 2.45) is 0 Å². The third kappa shape index (κ3) is 5.18. The fourth-order valence-corrected chi connectivity index (χ4v) is 6.90. The molecule has 238 valence electrons. The smallest absolute Gasteiger partial charge is 0.164 e. The first-order valence-corrected chi connectivity index (χ1v) is 16.9. The highest BCUT2D eigenvalue weighted by molar-refractivity contribution is 6.18. The lowest BCUT2D eigenvalue weighted by molar-refractivity contribution is 0.766. The molecule has 0 saturated heterocycles. The SMILES string of the molecule is c1ccc(-c2nc(-c3cccc(-c4ccc5ccccc5c4)c3)nc(-c3ccc4c(ccc5ccc6nn(-c7ccccc7)nc6c54)c3)n2)cc1. The molecule has 10 rings (SSSR count). The van der Waals surface area contributed by atoms with Gasteiger partial charge in [0.05, 0.1) is 5.69 Å². The second kappa shape index (κ2) is 11.8. The molecule has 0 bridgehead atoms. The maximum Gasteiger partial charge on any atom is 0.164 e. The van der Waals surface area contributed by atoms with Crippen molar-refractivity contribution in [3.05, 3.63) is 170 Å². The number of fused-ring (bicyclic) bond motifs is 6. The average Bonchev–Trinajstić information content (AvgIpc) is 3.66. The van der Waals surface area contributed by atoms with Gasteiger partial charge in [0.25, 0.3) is 0 Å². The van der Waals surface area contributed by atoms with Gasteiger partial charge in [-0.05, 0) is 74.5 Å². The monoisotopic (exact) mass is 652 g/mol. The largest absolute Gasteiger partial charge is 0.208 e. The molecule has 8 aromatic carbocycles. The highest BCUT2D eigenvalue weighted by atomic mass is 15.5. The summed E-state index contributed by atoms with van der Waals surface area (Å²) in [6.07, 6.45) is 0. The number of nitrogens with zero attached hydrogens (tertiary/aromatic N) is 6. The number of hydrogen-bond acceptors (Lipinski definition) is 5. The minimum Gasteiger partial charge on any atom is -0.208 e. The van der Waals surface area contributed by atoms with E-state index in [4.69, 9.17) is 25.1 Å². The molecule has 0 unspecified atom stereocenters. The van der Waals surface area contributed by atoms with Gasteiger partial charge in [0, 0.05) is 22.1 Å². The zero-order chi connectivity index (χ0) is 33.7. The average molecular weight is 653 g/mol. The summed E-state index contributed by atoms with van der Waals surface area (Å²) in [5.41, 5.74) is 7.67. The summed E-state index contributed by atoms with van der Waals surface area (Å²) in [5, 5.41) is 16.5. The predicted molar refractivity (Wildman–Crippen MR) is 207 cm³/mol. The van der Waals surface area contributed by atoms with Crippen molar-refractivity contribution in [1.29, 1.82) is 0 Å². The third-order valence-electron chi connectivity index (χ3n) is 9.47. The summed E-state index contributed by atoms with van der Waals surface area (Å²) < 4.78 is 0. The van der Waals surface area contributed by atoms with Crippen molar-refractivity contribution in [3.8, 4) is 51.0 Å². The van der Waals surface area contributed by atoms with Crippen molar-refractivity contribution in [2.75, 3.05) is 0 Å². The quantitative estimate of drug-likeness (QED) is 0.173. The van der Waals surface area contributed by atoms with Crippen molar-refractivity contribution >= 4 is 43.4 Å². The Hall–Kier alpha value is -7.05. The summed E-state index contributed by atoms with van der Waals surface area (Å²) in [7, 11) is 0. The van der Waals surface area contributed by atoms with E-state index >= 15 is 0 Å². The van der Waals surface area contributed by atoms with Crippen LogP contribution in [0.4, 0.5) is 0 Å². The Balaban J connectivity index is 1.11. The predicted octanol–water partition coefficient (Wildman–Crippen LogP) is 10.7. The Morgan fingerprint density at radius 3 is 1.75 bits per heavy atom. The van der Waals surface area contributed by atoms with E-state index in [0.29, 0.717) is 17.5 Å². The molecule has 0 aliphatic rings. The van der Waals surface area contributed by atoms with E-state index in [1.807, 2.05) is 66.7 Å². The molecular formula is C45H28N6. The van der Waals surface area contributed by atoms with Gasteiger partial charge in [-0.3, -0.25) is 0 Å². The zero-order valence-electron chi connectivity index (χ0n) is 27.3. The summed E-state index contributed by atoms with van der Waals surface area (Å²) in [6.45, 7) is 0. The Bertz CT molecular complexity index is 2920. The Morgan fingerprint density at radius 1 is 0.353 bits per heavy atom. The highest BCUT2D eigenvalue weighted by Crippen LogP contribution is 2.34. The van der Waals surface area contributed by atoms with Crippen molar-refractivity contribution < 1.29 is 0 Å². The standard InChI is InChI=1S/C45H28N6/c1-3-11-31(12-4-1)43-46-44(36-15-9-14-33(27-36)34-20-18-29-10-7-8-13-32(29)26-34)48-45(47-43)37-22-24-39-35(28-37)21-19-30-23-25-40-42(41(30)39)50-51(49-40)38-16-5-2-6-17-38/h1-28H. The van der Waals surface area contributed by atoms with E-state index in [1.165, 1.54) is 10.8 Å². The van der Waals surface area contributed by atoms with E-state index in [0.717, 1.165) is 66.1 Å². The molecule has 0 amide bonds. The van der Waals surface area contributed by atoms with Crippen LogP contribution in [-0.4, -0.2) is 29.9 Å². The van der Waals surface area contributed by atoms with Gasteiger partial charge >= 0.3 is 0 Å². The first kappa shape index (κ1) is 28.9. The van der Waals surface area contributed by atoms with Crippen LogP contribution < -0.4 is 0 Å². The van der Waals surface area contributed by atoms with Crippen LogP contribution in [0.25, 0.3) is 94.3 Å². The number of para-hydroxylation sites is 1. The van der Waals surface area contributed by atoms with Gasteiger partial charge in [-0.25, -0.2) is 15.0 Å². The van der Waals surface area contributed by atoms with Gasteiger partial charge in [-0.15, -0.1) is 10.2 Å². The maximum atomic E-state index is 5.09. The third-order valence-corrected chi connectivity index (χ3v) is 9.47. The Labute approximate surface area is 293 Å². The molecule has 6 heteroatoms. The number of rotatable bonds is 5. The molecular weight excluding hydrogens is 625 g/mol. The number of aromatic nitrogens is 6. The molecule has 51 heavy (non-hydrogen) atoms. The Morgan fingerprint density at radius 2 is 0.922 bits per heavy atom. The number of hydrogen-bond donors (Lipinski definition) is 0. The second-order valence-corrected chi connectivity index (χ2v) is 12.7. The maximum absolute atomic E-state index is 5.09. The lowest BCUT2D eigenvalue weighted by Gasteiger charge is -2.11.